The third-order valence-corrected chi connectivity index (χ3v) is 7.92. The number of rotatable bonds is 8. The van der Waals surface area contributed by atoms with Crippen molar-refractivity contribution in [2.24, 2.45) is 0 Å². The number of hydrogen-bond acceptors (Lipinski definition) is 6. The smallest absolute Gasteiger partial charge is 0.341 e. The van der Waals surface area contributed by atoms with E-state index in [0.717, 1.165) is 47.1 Å². The van der Waals surface area contributed by atoms with E-state index >= 15 is 0 Å². The summed E-state index contributed by atoms with van der Waals surface area (Å²) in [5.41, 5.74) is 3.12. The molecule has 0 radical (unpaired) electrons. The second-order valence-electron chi connectivity index (χ2n) is 9.26. The standard InChI is InChI=1S/C32H28N2O4S/c1-2-37-32(36)29-27-12-5-6-13-28(27)39-31(29)34-30(35)24(19-33)18-21-14-16-25(17-15-21)38-20-23-10-7-9-22-8-3-4-11-26(22)23/h3-4,7-11,14-18H,2,5-6,12-13,20H2,1H3,(H,34,35)/b24-18+. The van der Waals surface area contributed by atoms with Crippen LogP contribution in [0, 0.1) is 11.3 Å². The zero-order valence-corrected chi connectivity index (χ0v) is 22.5. The van der Waals surface area contributed by atoms with E-state index < -0.39 is 11.9 Å². The lowest BCUT2D eigenvalue weighted by Gasteiger charge is -2.12. The summed E-state index contributed by atoms with van der Waals surface area (Å²) in [5, 5.41) is 15.3. The molecule has 0 spiro atoms. The molecule has 1 aliphatic rings. The number of ether oxygens (including phenoxy) is 2. The molecule has 0 aliphatic heterocycles. The quantitative estimate of drug-likeness (QED) is 0.148. The number of esters is 1. The number of hydrogen-bond donors (Lipinski definition) is 1. The van der Waals surface area contributed by atoms with Gasteiger partial charge in [0.2, 0.25) is 0 Å². The van der Waals surface area contributed by atoms with E-state index in [1.54, 1.807) is 19.1 Å². The number of carbonyl (C=O) groups excluding carboxylic acids is 2. The molecule has 0 atom stereocenters. The van der Waals surface area contributed by atoms with Gasteiger partial charge < -0.3 is 14.8 Å². The summed E-state index contributed by atoms with van der Waals surface area (Å²) in [7, 11) is 0. The normalized spacial score (nSPS) is 12.9. The van der Waals surface area contributed by atoms with Crippen LogP contribution < -0.4 is 10.1 Å². The summed E-state index contributed by atoms with van der Waals surface area (Å²) in [5.74, 6) is -0.307. The molecule has 5 rings (SSSR count). The largest absolute Gasteiger partial charge is 0.489 e. The highest BCUT2D eigenvalue weighted by Crippen LogP contribution is 2.39. The molecule has 0 saturated carbocycles. The number of anilines is 1. The molecule has 196 valence electrons. The molecule has 1 amide bonds. The summed E-state index contributed by atoms with van der Waals surface area (Å²) in [4.78, 5) is 26.8. The molecule has 1 N–H and O–H groups in total. The van der Waals surface area contributed by atoms with Crippen LogP contribution in [0.3, 0.4) is 0 Å². The van der Waals surface area contributed by atoms with E-state index in [-0.39, 0.29) is 12.2 Å². The Morgan fingerprint density at radius 3 is 2.59 bits per heavy atom. The van der Waals surface area contributed by atoms with Crippen LogP contribution in [0.15, 0.2) is 72.3 Å². The molecular weight excluding hydrogens is 508 g/mol. The zero-order valence-electron chi connectivity index (χ0n) is 21.7. The Hall–Kier alpha value is -4.41. The van der Waals surface area contributed by atoms with Crippen LogP contribution >= 0.6 is 11.3 Å². The molecule has 39 heavy (non-hydrogen) atoms. The molecule has 0 unspecified atom stereocenters. The van der Waals surface area contributed by atoms with E-state index in [4.69, 9.17) is 9.47 Å². The summed E-state index contributed by atoms with van der Waals surface area (Å²) < 4.78 is 11.3. The minimum Gasteiger partial charge on any atom is -0.489 e. The van der Waals surface area contributed by atoms with Crippen molar-refractivity contribution in [1.29, 1.82) is 5.26 Å². The summed E-state index contributed by atoms with van der Waals surface area (Å²) >= 11 is 1.40. The Morgan fingerprint density at radius 1 is 1.03 bits per heavy atom. The number of carbonyl (C=O) groups is 2. The lowest BCUT2D eigenvalue weighted by Crippen LogP contribution is -2.16. The van der Waals surface area contributed by atoms with Gasteiger partial charge in [0.25, 0.3) is 5.91 Å². The van der Waals surface area contributed by atoms with Crippen molar-refractivity contribution in [2.75, 3.05) is 11.9 Å². The van der Waals surface area contributed by atoms with Gasteiger partial charge in [-0.25, -0.2) is 4.79 Å². The van der Waals surface area contributed by atoms with E-state index in [0.29, 0.717) is 28.5 Å². The molecule has 1 aliphatic carbocycles. The van der Waals surface area contributed by atoms with Crippen LogP contribution in [0.25, 0.3) is 16.8 Å². The maximum Gasteiger partial charge on any atom is 0.341 e. The average Bonchev–Trinajstić information content (AvgIpc) is 3.33. The highest BCUT2D eigenvalue weighted by molar-refractivity contribution is 7.17. The van der Waals surface area contributed by atoms with Crippen molar-refractivity contribution in [2.45, 2.75) is 39.2 Å². The maximum atomic E-state index is 13.1. The summed E-state index contributed by atoms with van der Waals surface area (Å²) in [6.45, 7) is 2.43. The Morgan fingerprint density at radius 2 is 1.79 bits per heavy atom. The number of aryl methyl sites for hydroxylation is 1. The van der Waals surface area contributed by atoms with Crippen molar-refractivity contribution in [3.63, 3.8) is 0 Å². The molecule has 4 aromatic rings. The van der Waals surface area contributed by atoms with Gasteiger partial charge in [0, 0.05) is 4.88 Å². The first kappa shape index (κ1) is 26.2. The van der Waals surface area contributed by atoms with Gasteiger partial charge in [0.1, 0.15) is 29.0 Å². The molecule has 0 saturated heterocycles. The van der Waals surface area contributed by atoms with Gasteiger partial charge in [-0.1, -0.05) is 54.6 Å². The summed E-state index contributed by atoms with van der Waals surface area (Å²) in [6, 6.07) is 23.6. The van der Waals surface area contributed by atoms with Crippen LogP contribution in [0.5, 0.6) is 5.75 Å². The Balaban J connectivity index is 1.29. The van der Waals surface area contributed by atoms with Crippen molar-refractivity contribution in [3.05, 3.63) is 99.4 Å². The second-order valence-corrected chi connectivity index (χ2v) is 10.4. The molecule has 6 nitrogen and oxygen atoms in total. The molecule has 1 aromatic heterocycles. The van der Waals surface area contributed by atoms with Gasteiger partial charge in [-0.05, 0) is 78.3 Å². The Bertz CT molecular complexity index is 1590. The maximum absolute atomic E-state index is 13.1. The number of nitriles is 1. The number of benzene rings is 3. The second kappa shape index (κ2) is 12.0. The van der Waals surface area contributed by atoms with Gasteiger partial charge in [0.05, 0.1) is 12.2 Å². The first-order valence-corrected chi connectivity index (χ1v) is 13.8. The van der Waals surface area contributed by atoms with Gasteiger partial charge in [-0.3, -0.25) is 4.79 Å². The fourth-order valence-electron chi connectivity index (χ4n) is 4.80. The van der Waals surface area contributed by atoms with Crippen LogP contribution in [0.2, 0.25) is 0 Å². The Kier molecular flexibility index (Phi) is 8.04. The average molecular weight is 537 g/mol. The first-order chi connectivity index (χ1) is 19.1. The van der Waals surface area contributed by atoms with E-state index in [2.05, 4.69) is 29.6 Å². The van der Waals surface area contributed by atoms with Crippen LogP contribution in [0.4, 0.5) is 5.00 Å². The van der Waals surface area contributed by atoms with Gasteiger partial charge in [0.15, 0.2) is 0 Å². The number of thiophene rings is 1. The zero-order chi connectivity index (χ0) is 27.2. The predicted molar refractivity (Wildman–Crippen MR) is 154 cm³/mol. The van der Waals surface area contributed by atoms with Crippen molar-refractivity contribution < 1.29 is 19.1 Å². The molecule has 3 aromatic carbocycles. The third-order valence-electron chi connectivity index (χ3n) is 6.71. The number of nitrogens with one attached hydrogen (secondary N) is 1. The van der Waals surface area contributed by atoms with Gasteiger partial charge in [-0.2, -0.15) is 5.26 Å². The number of fused-ring (bicyclic) bond motifs is 2. The van der Waals surface area contributed by atoms with E-state index in [9.17, 15) is 14.9 Å². The van der Waals surface area contributed by atoms with Crippen LogP contribution in [-0.2, 0) is 29.0 Å². The van der Waals surface area contributed by atoms with Gasteiger partial charge >= 0.3 is 5.97 Å². The minimum absolute atomic E-state index is 0.0550. The lowest BCUT2D eigenvalue weighted by atomic mass is 9.95. The summed E-state index contributed by atoms with van der Waals surface area (Å²) in [6.07, 6.45) is 5.23. The van der Waals surface area contributed by atoms with Crippen LogP contribution in [-0.4, -0.2) is 18.5 Å². The topological polar surface area (TPSA) is 88.4 Å². The number of nitrogens with zero attached hydrogens (tertiary/aromatic N) is 1. The highest BCUT2D eigenvalue weighted by atomic mass is 32.1. The third kappa shape index (κ3) is 5.87. The van der Waals surface area contributed by atoms with Crippen LogP contribution in [0.1, 0.15) is 51.7 Å². The van der Waals surface area contributed by atoms with E-state index in [1.165, 1.54) is 22.8 Å². The minimum atomic E-state index is -0.557. The Labute approximate surface area is 231 Å². The highest BCUT2D eigenvalue weighted by Gasteiger charge is 2.27. The van der Waals surface area contributed by atoms with Crippen molar-refractivity contribution in [1.82, 2.24) is 0 Å². The molecule has 1 heterocycles. The van der Waals surface area contributed by atoms with Crippen molar-refractivity contribution >= 4 is 45.1 Å². The van der Waals surface area contributed by atoms with Crippen molar-refractivity contribution in [3.8, 4) is 11.8 Å². The molecule has 0 bridgehead atoms. The molecule has 0 fully saturated rings. The predicted octanol–water partition coefficient (Wildman–Crippen LogP) is 7.08. The van der Waals surface area contributed by atoms with E-state index in [1.807, 2.05) is 36.4 Å². The fourth-order valence-corrected chi connectivity index (χ4v) is 6.07. The SMILES string of the molecule is CCOC(=O)c1c(NC(=O)/C(C#N)=C/c2ccc(OCc3cccc4ccccc34)cc2)sc2c1CCCC2. The molecule has 7 heteroatoms. The number of amides is 1. The monoisotopic (exact) mass is 536 g/mol. The molecular formula is C32H28N2O4S. The lowest BCUT2D eigenvalue weighted by molar-refractivity contribution is -0.112. The first-order valence-electron chi connectivity index (χ1n) is 13.0. The fraction of sp³-hybridized carbons (Fsp3) is 0.219. The van der Waals surface area contributed by atoms with Gasteiger partial charge in [-0.15, -0.1) is 11.3 Å².